The van der Waals surface area contributed by atoms with Gasteiger partial charge in [0, 0.05) is 16.2 Å². The van der Waals surface area contributed by atoms with Crippen molar-refractivity contribution in [3.63, 3.8) is 0 Å². The number of nitrogens with one attached hydrogen (secondary N) is 1. The van der Waals surface area contributed by atoms with E-state index in [-0.39, 0.29) is 16.2 Å². The zero-order valence-electron chi connectivity index (χ0n) is 11.0. The van der Waals surface area contributed by atoms with E-state index in [4.69, 9.17) is 23.2 Å². The SMILES string of the molecule is C=CCSc1ccccc1NC(=O)c1cc(Cl)nc(Cl)c1. The number of para-hydroxylation sites is 1. The van der Waals surface area contributed by atoms with E-state index in [2.05, 4.69) is 16.9 Å². The molecule has 0 atom stereocenters. The summed E-state index contributed by atoms with van der Waals surface area (Å²) in [7, 11) is 0. The fourth-order valence-corrected chi connectivity index (χ4v) is 2.84. The van der Waals surface area contributed by atoms with Gasteiger partial charge in [0.1, 0.15) is 10.3 Å². The maximum absolute atomic E-state index is 12.3. The van der Waals surface area contributed by atoms with Crippen LogP contribution in [0.4, 0.5) is 5.69 Å². The van der Waals surface area contributed by atoms with Crippen LogP contribution in [-0.4, -0.2) is 16.6 Å². The van der Waals surface area contributed by atoms with Crippen molar-refractivity contribution >= 4 is 46.6 Å². The number of pyridine rings is 1. The number of amides is 1. The van der Waals surface area contributed by atoms with Gasteiger partial charge in [-0.3, -0.25) is 4.79 Å². The third-order valence-electron chi connectivity index (χ3n) is 2.52. The first kappa shape index (κ1) is 15.9. The summed E-state index contributed by atoms with van der Waals surface area (Å²) in [5, 5.41) is 3.22. The van der Waals surface area contributed by atoms with E-state index in [1.165, 1.54) is 12.1 Å². The molecule has 1 aromatic heterocycles. The van der Waals surface area contributed by atoms with Crippen LogP contribution in [0, 0.1) is 0 Å². The number of aromatic nitrogens is 1. The van der Waals surface area contributed by atoms with Crippen LogP contribution >= 0.6 is 35.0 Å². The molecule has 0 fully saturated rings. The zero-order chi connectivity index (χ0) is 15.2. The minimum atomic E-state index is -0.284. The van der Waals surface area contributed by atoms with Crippen LogP contribution in [0.2, 0.25) is 10.3 Å². The minimum absolute atomic E-state index is 0.182. The van der Waals surface area contributed by atoms with Crippen molar-refractivity contribution in [1.82, 2.24) is 4.98 Å². The van der Waals surface area contributed by atoms with E-state index in [0.29, 0.717) is 5.56 Å². The van der Waals surface area contributed by atoms with Crippen LogP contribution in [0.1, 0.15) is 10.4 Å². The molecule has 0 unspecified atom stereocenters. The Morgan fingerprint density at radius 2 is 1.95 bits per heavy atom. The monoisotopic (exact) mass is 338 g/mol. The van der Waals surface area contributed by atoms with Crippen molar-refractivity contribution in [2.24, 2.45) is 0 Å². The Balaban J connectivity index is 2.21. The number of carbonyl (C=O) groups excluding carboxylic acids is 1. The molecule has 0 aliphatic rings. The molecule has 1 N–H and O–H groups in total. The Kier molecular flexibility index (Phi) is 5.67. The summed E-state index contributed by atoms with van der Waals surface area (Å²) in [6.45, 7) is 3.69. The van der Waals surface area contributed by atoms with Gasteiger partial charge in [-0.15, -0.1) is 18.3 Å². The number of carbonyl (C=O) groups is 1. The number of halogens is 2. The van der Waals surface area contributed by atoms with Crippen LogP contribution in [0.25, 0.3) is 0 Å². The van der Waals surface area contributed by atoms with Gasteiger partial charge < -0.3 is 5.32 Å². The number of benzene rings is 1. The Labute approximate surface area is 137 Å². The van der Waals surface area contributed by atoms with Crippen LogP contribution in [-0.2, 0) is 0 Å². The van der Waals surface area contributed by atoms with Gasteiger partial charge in [-0.1, -0.05) is 41.4 Å². The largest absolute Gasteiger partial charge is 0.321 e. The summed E-state index contributed by atoms with van der Waals surface area (Å²) >= 11 is 13.2. The fourth-order valence-electron chi connectivity index (χ4n) is 1.63. The summed E-state index contributed by atoms with van der Waals surface area (Å²) in [4.78, 5) is 17.0. The number of rotatable bonds is 5. The highest BCUT2D eigenvalue weighted by atomic mass is 35.5. The molecular weight excluding hydrogens is 327 g/mol. The lowest BCUT2D eigenvalue weighted by Crippen LogP contribution is -2.12. The standard InChI is InChI=1S/C15H12Cl2N2OS/c1-2-7-21-12-6-4-3-5-11(12)18-15(20)10-8-13(16)19-14(17)9-10/h2-6,8-9H,1,7H2,(H,18,20). The molecule has 0 saturated heterocycles. The summed E-state index contributed by atoms with van der Waals surface area (Å²) in [5.41, 5.74) is 1.10. The van der Waals surface area contributed by atoms with Gasteiger partial charge in [0.15, 0.2) is 0 Å². The second-order valence-electron chi connectivity index (χ2n) is 4.05. The van der Waals surface area contributed by atoms with Gasteiger partial charge in [-0.2, -0.15) is 0 Å². The Morgan fingerprint density at radius 3 is 2.62 bits per heavy atom. The van der Waals surface area contributed by atoms with Crippen LogP contribution in [0.3, 0.4) is 0 Å². The van der Waals surface area contributed by atoms with Crippen molar-refractivity contribution in [1.29, 1.82) is 0 Å². The molecule has 108 valence electrons. The minimum Gasteiger partial charge on any atom is -0.321 e. The highest BCUT2D eigenvalue weighted by Crippen LogP contribution is 2.27. The number of hydrogen-bond donors (Lipinski definition) is 1. The number of anilines is 1. The molecule has 6 heteroatoms. The van der Waals surface area contributed by atoms with E-state index in [1.54, 1.807) is 11.8 Å². The first-order chi connectivity index (χ1) is 10.1. The lowest BCUT2D eigenvalue weighted by atomic mass is 10.2. The third kappa shape index (κ3) is 4.49. The first-order valence-corrected chi connectivity index (χ1v) is 7.81. The predicted molar refractivity (Wildman–Crippen MR) is 89.6 cm³/mol. The fraction of sp³-hybridized carbons (Fsp3) is 0.0667. The normalized spacial score (nSPS) is 10.2. The first-order valence-electron chi connectivity index (χ1n) is 6.07. The molecule has 0 bridgehead atoms. The number of hydrogen-bond acceptors (Lipinski definition) is 3. The lowest BCUT2D eigenvalue weighted by molar-refractivity contribution is 0.102. The van der Waals surface area contributed by atoms with E-state index in [1.807, 2.05) is 30.3 Å². The van der Waals surface area contributed by atoms with Crippen LogP contribution in [0.15, 0.2) is 53.9 Å². The summed E-state index contributed by atoms with van der Waals surface area (Å²) < 4.78 is 0. The molecule has 0 radical (unpaired) electrons. The summed E-state index contributed by atoms with van der Waals surface area (Å²) in [6, 6.07) is 10.5. The van der Waals surface area contributed by atoms with E-state index < -0.39 is 0 Å². The average Bonchev–Trinajstić information content (AvgIpc) is 2.45. The molecule has 21 heavy (non-hydrogen) atoms. The Morgan fingerprint density at radius 1 is 1.29 bits per heavy atom. The summed E-state index contributed by atoms with van der Waals surface area (Å²) in [5.74, 6) is 0.479. The third-order valence-corrected chi connectivity index (χ3v) is 3.97. The predicted octanol–water partition coefficient (Wildman–Crippen LogP) is 4.92. The molecule has 3 nitrogen and oxygen atoms in total. The van der Waals surface area contributed by atoms with E-state index in [9.17, 15) is 4.79 Å². The molecule has 1 heterocycles. The lowest BCUT2D eigenvalue weighted by Gasteiger charge is -2.10. The quantitative estimate of drug-likeness (QED) is 0.478. The molecule has 0 saturated carbocycles. The van der Waals surface area contributed by atoms with Gasteiger partial charge in [0.25, 0.3) is 5.91 Å². The van der Waals surface area contributed by atoms with Gasteiger partial charge >= 0.3 is 0 Å². The average molecular weight is 339 g/mol. The van der Waals surface area contributed by atoms with Crippen LogP contribution in [0.5, 0.6) is 0 Å². The second kappa shape index (κ2) is 7.50. The zero-order valence-corrected chi connectivity index (χ0v) is 13.3. The van der Waals surface area contributed by atoms with Gasteiger partial charge in [-0.05, 0) is 24.3 Å². The molecular formula is C15H12Cl2N2OS. The molecule has 0 aliphatic heterocycles. The van der Waals surface area contributed by atoms with Gasteiger partial charge in [0.05, 0.1) is 5.69 Å². The Bertz CT molecular complexity index is 656. The molecule has 2 rings (SSSR count). The topological polar surface area (TPSA) is 42.0 Å². The van der Waals surface area contributed by atoms with Crippen molar-refractivity contribution in [2.45, 2.75) is 4.90 Å². The van der Waals surface area contributed by atoms with Gasteiger partial charge in [-0.25, -0.2) is 4.98 Å². The van der Waals surface area contributed by atoms with Crippen molar-refractivity contribution in [3.05, 3.63) is 64.9 Å². The number of nitrogens with zero attached hydrogens (tertiary/aromatic N) is 1. The van der Waals surface area contributed by atoms with Gasteiger partial charge in [0.2, 0.25) is 0 Å². The summed E-state index contributed by atoms with van der Waals surface area (Å²) in [6.07, 6.45) is 1.81. The maximum Gasteiger partial charge on any atom is 0.255 e. The highest BCUT2D eigenvalue weighted by molar-refractivity contribution is 7.99. The molecule has 0 aliphatic carbocycles. The molecule has 1 amide bonds. The molecule has 2 aromatic rings. The second-order valence-corrected chi connectivity index (χ2v) is 5.89. The van der Waals surface area contributed by atoms with E-state index >= 15 is 0 Å². The van der Waals surface area contributed by atoms with Crippen molar-refractivity contribution < 1.29 is 4.79 Å². The molecule has 1 aromatic carbocycles. The Hall–Kier alpha value is -1.49. The molecule has 0 spiro atoms. The smallest absolute Gasteiger partial charge is 0.255 e. The van der Waals surface area contributed by atoms with E-state index in [0.717, 1.165) is 16.3 Å². The maximum atomic E-state index is 12.3. The van der Waals surface area contributed by atoms with Crippen molar-refractivity contribution in [2.75, 3.05) is 11.1 Å². The number of thioether (sulfide) groups is 1. The van der Waals surface area contributed by atoms with Crippen molar-refractivity contribution in [3.8, 4) is 0 Å². The van der Waals surface area contributed by atoms with Crippen LogP contribution < -0.4 is 5.32 Å². The highest BCUT2D eigenvalue weighted by Gasteiger charge is 2.11.